The van der Waals surface area contributed by atoms with Gasteiger partial charge in [0.15, 0.2) is 0 Å². The highest BCUT2D eigenvalue weighted by Gasteiger charge is 2.15. The minimum Gasteiger partial charge on any atom is -0.396 e. The lowest BCUT2D eigenvalue weighted by atomic mass is 10.1. The largest absolute Gasteiger partial charge is 0.396 e. The van der Waals surface area contributed by atoms with E-state index in [4.69, 9.17) is 10.8 Å². The van der Waals surface area contributed by atoms with Crippen LogP contribution in [0.5, 0.6) is 0 Å². The molecule has 0 saturated heterocycles. The molecule has 0 saturated carbocycles. The minimum atomic E-state index is -3.78. The SMILES string of the molecule is Nc1cc(S(=O)(=O)NCc2cccc(CO)c2)ccc1F. The Morgan fingerprint density at radius 1 is 1.14 bits per heavy atom. The smallest absolute Gasteiger partial charge is 0.240 e. The van der Waals surface area contributed by atoms with Crippen LogP contribution >= 0.6 is 0 Å². The summed E-state index contributed by atoms with van der Waals surface area (Å²) in [6.07, 6.45) is 0. The van der Waals surface area contributed by atoms with E-state index in [1.54, 1.807) is 24.3 Å². The van der Waals surface area contributed by atoms with Crippen LogP contribution in [-0.2, 0) is 23.2 Å². The summed E-state index contributed by atoms with van der Waals surface area (Å²) in [5.41, 5.74) is 6.55. The Morgan fingerprint density at radius 2 is 1.86 bits per heavy atom. The monoisotopic (exact) mass is 310 g/mol. The number of aliphatic hydroxyl groups is 1. The van der Waals surface area contributed by atoms with Gasteiger partial charge in [0.2, 0.25) is 10.0 Å². The van der Waals surface area contributed by atoms with E-state index in [2.05, 4.69) is 4.72 Å². The molecule has 0 spiro atoms. The maximum Gasteiger partial charge on any atom is 0.240 e. The summed E-state index contributed by atoms with van der Waals surface area (Å²) < 4.78 is 39.6. The molecular formula is C14H15FN2O3S. The first-order valence-corrected chi connectivity index (χ1v) is 7.64. The molecular weight excluding hydrogens is 295 g/mol. The van der Waals surface area contributed by atoms with Crippen LogP contribution in [-0.4, -0.2) is 13.5 Å². The van der Waals surface area contributed by atoms with Crippen LogP contribution in [0.2, 0.25) is 0 Å². The standard InChI is InChI=1S/C14H15FN2O3S/c15-13-5-4-12(7-14(13)16)21(19,20)17-8-10-2-1-3-11(6-10)9-18/h1-7,17-18H,8-9,16H2. The number of benzene rings is 2. The van der Waals surface area contributed by atoms with E-state index in [0.29, 0.717) is 11.1 Å². The molecule has 0 aliphatic rings. The molecule has 7 heteroatoms. The van der Waals surface area contributed by atoms with Gasteiger partial charge in [-0.2, -0.15) is 0 Å². The van der Waals surface area contributed by atoms with Gasteiger partial charge in [-0.15, -0.1) is 0 Å². The van der Waals surface area contributed by atoms with Gasteiger partial charge in [-0.05, 0) is 29.3 Å². The lowest BCUT2D eigenvalue weighted by Crippen LogP contribution is -2.23. The van der Waals surface area contributed by atoms with Crippen LogP contribution in [0.25, 0.3) is 0 Å². The molecule has 5 nitrogen and oxygen atoms in total. The molecule has 0 atom stereocenters. The van der Waals surface area contributed by atoms with Crippen molar-refractivity contribution in [2.24, 2.45) is 0 Å². The van der Waals surface area contributed by atoms with Crippen molar-refractivity contribution >= 4 is 15.7 Å². The molecule has 2 aromatic rings. The summed E-state index contributed by atoms with van der Waals surface area (Å²) in [6.45, 7) is -0.0530. The predicted molar refractivity (Wildman–Crippen MR) is 77.2 cm³/mol. The molecule has 112 valence electrons. The predicted octanol–water partition coefficient (Wildman–Crippen LogP) is 1.38. The van der Waals surface area contributed by atoms with Crippen molar-refractivity contribution in [2.45, 2.75) is 18.0 Å². The van der Waals surface area contributed by atoms with Crippen LogP contribution < -0.4 is 10.5 Å². The normalized spacial score (nSPS) is 11.5. The van der Waals surface area contributed by atoms with E-state index in [-0.39, 0.29) is 23.7 Å². The molecule has 2 aromatic carbocycles. The van der Waals surface area contributed by atoms with Gasteiger partial charge < -0.3 is 10.8 Å². The molecule has 0 aliphatic carbocycles. The maximum atomic E-state index is 13.1. The summed E-state index contributed by atoms with van der Waals surface area (Å²) in [5.74, 6) is -0.662. The topological polar surface area (TPSA) is 92.4 Å². The Hall–Kier alpha value is -1.96. The first kappa shape index (κ1) is 15.4. The summed E-state index contributed by atoms with van der Waals surface area (Å²) >= 11 is 0. The van der Waals surface area contributed by atoms with Crippen LogP contribution in [0, 0.1) is 5.82 Å². The lowest BCUT2D eigenvalue weighted by molar-refractivity contribution is 0.281. The zero-order valence-electron chi connectivity index (χ0n) is 11.1. The molecule has 0 bridgehead atoms. The van der Waals surface area contributed by atoms with E-state index in [9.17, 15) is 12.8 Å². The van der Waals surface area contributed by atoms with E-state index in [0.717, 1.165) is 18.2 Å². The third kappa shape index (κ3) is 3.78. The average Bonchev–Trinajstić information content (AvgIpc) is 2.48. The molecule has 4 N–H and O–H groups in total. The first-order chi connectivity index (χ1) is 9.92. The van der Waals surface area contributed by atoms with Gasteiger partial charge in [0.1, 0.15) is 5.82 Å². The van der Waals surface area contributed by atoms with E-state index in [1.165, 1.54) is 0 Å². The Bertz CT molecular complexity index is 748. The van der Waals surface area contributed by atoms with Gasteiger partial charge >= 0.3 is 0 Å². The number of hydrogen-bond acceptors (Lipinski definition) is 4. The van der Waals surface area contributed by atoms with Crippen LogP contribution in [0.4, 0.5) is 10.1 Å². The first-order valence-electron chi connectivity index (χ1n) is 6.16. The quantitative estimate of drug-likeness (QED) is 0.727. The van der Waals surface area contributed by atoms with E-state index in [1.807, 2.05) is 0 Å². The molecule has 0 aliphatic heterocycles. The van der Waals surface area contributed by atoms with Gasteiger partial charge in [0, 0.05) is 6.54 Å². The van der Waals surface area contributed by atoms with Crippen molar-refractivity contribution in [3.05, 3.63) is 59.4 Å². The zero-order valence-corrected chi connectivity index (χ0v) is 11.9. The summed E-state index contributed by atoms with van der Waals surface area (Å²) in [7, 11) is -3.78. The number of aliphatic hydroxyl groups excluding tert-OH is 1. The van der Waals surface area contributed by atoms with Gasteiger partial charge in [0.25, 0.3) is 0 Å². The van der Waals surface area contributed by atoms with Crippen molar-refractivity contribution in [1.29, 1.82) is 0 Å². The van der Waals surface area contributed by atoms with Crippen molar-refractivity contribution in [2.75, 3.05) is 5.73 Å². The second-order valence-corrected chi connectivity index (χ2v) is 6.25. The third-order valence-electron chi connectivity index (χ3n) is 2.92. The third-order valence-corrected chi connectivity index (χ3v) is 4.32. The number of nitrogens with two attached hydrogens (primary N) is 1. The number of anilines is 1. The number of nitrogens with one attached hydrogen (secondary N) is 1. The maximum absolute atomic E-state index is 13.1. The Labute approximate surface area is 122 Å². The molecule has 0 unspecified atom stereocenters. The molecule has 0 radical (unpaired) electrons. The fraction of sp³-hybridized carbons (Fsp3) is 0.143. The number of nitrogen functional groups attached to an aromatic ring is 1. The van der Waals surface area contributed by atoms with Crippen LogP contribution in [0.1, 0.15) is 11.1 Å². The summed E-state index contributed by atoms with van der Waals surface area (Å²) in [4.78, 5) is -0.0975. The van der Waals surface area contributed by atoms with Gasteiger partial charge in [-0.25, -0.2) is 17.5 Å². The fourth-order valence-corrected chi connectivity index (χ4v) is 2.84. The Balaban J connectivity index is 2.15. The number of hydrogen-bond donors (Lipinski definition) is 3. The highest BCUT2D eigenvalue weighted by Crippen LogP contribution is 2.17. The second-order valence-electron chi connectivity index (χ2n) is 4.49. The van der Waals surface area contributed by atoms with Crippen LogP contribution in [0.3, 0.4) is 0 Å². The van der Waals surface area contributed by atoms with E-state index >= 15 is 0 Å². The van der Waals surface area contributed by atoms with Gasteiger partial charge in [-0.3, -0.25) is 0 Å². The van der Waals surface area contributed by atoms with Crippen LogP contribution in [0.15, 0.2) is 47.4 Å². The molecule has 0 fully saturated rings. The van der Waals surface area contributed by atoms with E-state index < -0.39 is 15.8 Å². The summed E-state index contributed by atoms with van der Waals surface area (Å²) in [6, 6.07) is 10.1. The van der Waals surface area contributed by atoms with Crippen molar-refractivity contribution in [1.82, 2.24) is 4.72 Å². The van der Waals surface area contributed by atoms with Gasteiger partial charge in [0.05, 0.1) is 17.2 Å². The molecule has 0 heterocycles. The Morgan fingerprint density at radius 3 is 2.52 bits per heavy atom. The average molecular weight is 310 g/mol. The van der Waals surface area contributed by atoms with Crippen molar-refractivity contribution < 1.29 is 17.9 Å². The Kier molecular flexibility index (Phi) is 4.56. The minimum absolute atomic E-state index is 0.0630. The zero-order chi connectivity index (χ0) is 15.5. The van der Waals surface area contributed by atoms with Crippen molar-refractivity contribution in [3.8, 4) is 0 Å². The molecule has 2 rings (SSSR count). The number of rotatable bonds is 5. The van der Waals surface area contributed by atoms with Gasteiger partial charge in [-0.1, -0.05) is 24.3 Å². The highest BCUT2D eigenvalue weighted by atomic mass is 32.2. The molecule has 21 heavy (non-hydrogen) atoms. The second kappa shape index (κ2) is 6.21. The molecule has 0 aromatic heterocycles. The highest BCUT2D eigenvalue weighted by molar-refractivity contribution is 7.89. The lowest BCUT2D eigenvalue weighted by Gasteiger charge is -2.08. The number of halogens is 1. The number of sulfonamides is 1. The van der Waals surface area contributed by atoms with Crippen molar-refractivity contribution in [3.63, 3.8) is 0 Å². The fourth-order valence-electron chi connectivity index (χ4n) is 1.79. The summed E-state index contributed by atoms with van der Waals surface area (Å²) in [5, 5.41) is 9.04. The molecule has 0 amide bonds.